The molecule has 0 unspecified atom stereocenters. The van der Waals surface area contributed by atoms with Crippen molar-refractivity contribution < 1.29 is 30.6 Å². The van der Waals surface area contributed by atoms with Gasteiger partial charge in [-0.2, -0.15) is 0 Å². The van der Waals surface area contributed by atoms with E-state index in [-0.39, 0.29) is 0 Å². The summed E-state index contributed by atoms with van der Waals surface area (Å²) in [6.45, 7) is 3.00. The van der Waals surface area contributed by atoms with Crippen molar-refractivity contribution in [1.29, 1.82) is 0 Å². The second kappa shape index (κ2) is 9.00. The van der Waals surface area contributed by atoms with Crippen molar-refractivity contribution in [2.75, 3.05) is 6.61 Å². The molecule has 1 rings (SSSR count). The first kappa shape index (κ1) is 19.6. The largest absolute Gasteiger partial charge is 0.509 e. The molecular weight excluding hydrogens is 300 g/mol. The second-order valence-electron chi connectivity index (χ2n) is 5.40. The van der Waals surface area contributed by atoms with Gasteiger partial charge in [-0.15, -0.1) is 0 Å². The Bertz CT molecular complexity index is 528. The summed E-state index contributed by atoms with van der Waals surface area (Å²) in [6, 6.07) is 7.40. The normalized spacial score (nSPS) is 18.0. The summed E-state index contributed by atoms with van der Waals surface area (Å²) in [6.07, 6.45) is -5.85. The molecule has 0 aliphatic heterocycles. The van der Waals surface area contributed by atoms with Crippen LogP contribution in [-0.4, -0.2) is 61.7 Å². The first-order valence-corrected chi connectivity index (χ1v) is 7.72. The third-order valence-electron chi connectivity index (χ3n) is 3.92. The predicted octanol–water partition coefficient (Wildman–Crippen LogP) is 0.364. The van der Waals surface area contributed by atoms with Crippen molar-refractivity contribution in [3.8, 4) is 0 Å². The third kappa shape index (κ3) is 4.53. The van der Waals surface area contributed by atoms with Crippen LogP contribution < -0.4 is 0 Å². The lowest BCUT2D eigenvalue weighted by Gasteiger charge is -2.26. The topological polar surface area (TPSA) is 121 Å². The van der Waals surface area contributed by atoms with Crippen LogP contribution in [0, 0.1) is 0 Å². The van der Waals surface area contributed by atoms with Gasteiger partial charge in [0.05, 0.1) is 6.61 Å². The molecule has 0 radical (unpaired) electrons. The summed E-state index contributed by atoms with van der Waals surface area (Å²) in [7, 11) is 0. The number of allylic oxidation sites excluding steroid dienone is 1. The summed E-state index contributed by atoms with van der Waals surface area (Å²) in [4.78, 5) is 0. The molecule has 4 atom stereocenters. The lowest BCUT2D eigenvalue weighted by Crippen LogP contribution is -2.46. The van der Waals surface area contributed by atoms with Crippen LogP contribution in [0.1, 0.15) is 31.4 Å². The van der Waals surface area contributed by atoms with Gasteiger partial charge in [0, 0.05) is 0 Å². The molecule has 6 heteroatoms. The average Bonchev–Trinajstić information content (AvgIpc) is 2.59. The van der Waals surface area contributed by atoms with E-state index < -0.39 is 36.8 Å². The minimum Gasteiger partial charge on any atom is -0.509 e. The van der Waals surface area contributed by atoms with Crippen molar-refractivity contribution in [2.24, 2.45) is 0 Å². The Hall–Kier alpha value is -1.44. The van der Waals surface area contributed by atoms with E-state index in [1.807, 2.05) is 31.2 Å². The van der Waals surface area contributed by atoms with E-state index in [0.717, 1.165) is 17.5 Å². The van der Waals surface area contributed by atoms with Gasteiger partial charge in [0.1, 0.15) is 30.2 Å². The summed E-state index contributed by atoms with van der Waals surface area (Å²) in [5.74, 6) is -0.454. The van der Waals surface area contributed by atoms with Crippen LogP contribution in [0.2, 0.25) is 0 Å². The fraction of sp³-hybridized carbons (Fsp3) is 0.529. The Labute approximate surface area is 136 Å². The quantitative estimate of drug-likeness (QED) is 0.384. The van der Waals surface area contributed by atoms with Gasteiger partial charge in [0.25, 0.3) is 0 Å². The zero-order valence-electron chi connectivity index (χ0n) is 13.4. The van der Waals surface area contributed by atoms with Crippen molar-refractivity contribution in [3.05, 3.63) is 41.2 Å². The summed E-state index contributed by atoms with van der Waals surface area (Å²) < 4.78 is 0. The molecule has 130 valence electrons. The molecule has 0 aliphatic carbocycles. The van der Waals surface area contributed by atoms with E-state index in [4.69, 9.17) is 5.11 Å². The summed E-state index contributed by atoms with van der Waals surface area (Å²) in [5, 5.41) is 58.2. The van der Waals surface area contributed by atoms with Gasteiger partial charge in [-0.3, -0.25) is 0 Å². The highest BCUT2D eigenvalue weighted by Crippen LogP contribution is 2.27. The fourth-order valence-corrected chi connectivity index (χ4v) is 2.50. The van der Waals surface area contributed by atoms with Crippen LogP contribution in [0.15, 0.2) is 30.0 Å². The van der Waals surface area contributed by atoms with Gasteiger partial charge in [0.2, 0.25) is 0 Å². The number of hydrogen-bond donors (Lipinski definition) is 6. The van der Waals surface area contributed by atoms with E-state index in [1.165, 1.54) is 0 Å². The molecule has 1 aromatic rings. The minimum atomic E-state index is -1.83. The molecule has 0 amide bonds. The summed E-state index contributed by atoms with van der Waals surface area (Å²) in [5.41, 5.74) is 2.20. The SMILES string of the molecule is CCC(=C(O)[C@H](O)[C@@H](O)[C@H](O)[C@H](O)CO)c1ccccc1CC. The van der Waals surface area contributed by atoms with Gasteiger partial charge in [-0.25, -0.2) is 0 Å². The van der Waals surface area contributed by atoms with Gasteiger partial charge < -0.3 is 30.6 Å². The average molecular weight is 326 g/mol. The molecule has 0 bridgehead atoms. The van der Waals surface area contributed by atoms with Crippen molar-refractivity contribution in [1.82, 2.24) is 0 Å². The molecule has 0 saturated heterocycles. The van der Waals surface area contributed by atoms with Crippen molar-refractivity contribution >= 4 is 5.57 Å². The molecule has 0 aromatic heterocycles. The van der Waals surface area contributed by atoms with Crippen LogP contribution in [0.4, 0.5) is 0 Å². The van der Waals surface area contributed by atoms with Crippen molar-refractivity contribution in [2.45, 2.75) is 51.1 Å². The number of aliphatic hydroxyl groups is 6. The second-order valence-corrected chi connectivity index (χ2v) is 5.40. The molecular formula is C17H26O6. The maximum absolute atomic E-state index is 10.3. The number of rotatable bonds is 8. The van der Waals surface area contributed by atoms with Crippen LogP contribution >= 0.6 is 0 Å². The predicted molar refractivity (Wildman–Crippen MR) is 86.8 cm³/mol. The monoisotopic (exact) mass is 326 g/mol. The van der Waals surface area contributed by atoms with Crippen LogP contribution in [0.25, 0.3) is 5.57 Å². The van der Waals surface area contributed by atoms with E-state index in [0.29, 0.717) is 12.0 Å². The molecule has 0 fully saturated rings. The lowest BCUT2D eigenvalue weighted by atomic mass is 9.92. The fourth-order valence-electron chi connectivity index (χ4n) is 2.50. The van der Waals surface area contributed by atoms with Crippen LogP contribution in [0.3, 0.4) is 0 Å². The number of hydrogen-bond acceptors (Lipinski definition) is 6. The molecule has 6 N–H and O–H groups in total. The van der Waals surface area contributed by atoms with E-state index in [9.17, 15) is 25.5 Å². The highest BCUT2D eigenvalue weighted by molar-refractivity contribution is 5.70. The van der Waals surface area contributed by atoms with Gasteiger partial charge in [-0.1, -0.05) is 38.1 Å². The number of aryl methyl sites for hydroxylation is 1. The molecule has 0 aliphatic rings. The zero-order chi connectivity index (χ0) is 17.6. The Morgan fingerprint density at radius 2 is 1.61 bits per heavy atom. The first-order valence-electron chi connectivity index (χ1n) is 7.72. The highest BCUT2D eigenvalue weighted by Gasteiger charge is 2.33. The first-order chi connectivity index (χ1) is 10.9. The number of benzene rings is 1. The molecule has 6 nitrogen and oxygen atoms in total. The molecule has 0 heterocycles. The Kier molecular flexibility index (Phi) is 7.67. The standard InChI is InChI=1S/C17H26O6/c1-3-10-7-5-6-8-12(10)11(4-2)14(20)16(22)17(23)15(21)13(19)9-18/h5-8,13,15-23H,3-4,9H2,1-2H3/t13-,15-,16+,17+/m1/s1. The third-order valence-corrected chi connectivity index (χ3v) is 3.92. The Morgan fingerprint density at radius 1 is 1.00 bits per heavy atom. The molecule has 0 spiro atoms. The molecule has 0 saturated carbocycles. The Morgan fingerprint density at radius 3 is 2.13 bits per heavy atom. The lowest BCUT2D eigenvalue weighted by molar-refractivity contribution is -0.112. The number of aliphatic hydroxyl groups excluding tert-OH is 6. The smallest absolute Gasteiger partial charge is 0.139 e. The molecule has 1 aromatic carbocycles. The van der Waals surface area contributed by atoms with Crippen molar-refractivity contribution in [3.63, 3.8) is 0 Å². The zero-order valence-corrected chi connectivity index (χ0v) is 13.4. The van der Waals surface area contributed by atoms with Gasteiger partial charge in [0.15, 0.2) is 0 Å². The van der Waals surface area contributed by atoms with E-state index in [1.54, 1.807) is 6.92 Å². The molecule has 23 heavy (non-hydrogen) atoms. The maximum atomic E-state index is 10.3. The Balaban J connectivity index is 3.18. The van der Waals surface area contributed by atoms with Crippen LogP contribution in [-0.2, 0) is 6.42 Å². The summed E-state index contributed by atoms with van der Waals surface area (Å²) >= 11 is 0. The highest BCUT2D eigenvalue weighted by atomic mass is 16.4. The van der Waals surface area contributed by atoms with E-state index in [2.05, 4.69) is 0 Å². The van der Waals surface area contributed by atoms with Gasteiger partial charge in [-0.05, 0) is 29.5 Å². The van der Waals surface area contributed by atoms with Crippen LogP contribution in [0.5, 0.6) is 0 Å². The van der Waals surface area contributed by atoms with Gasteiger partial charge >= 0.3 is 0 Å². The minimum absolute atomic E-state index is 0.408. The maximum Gasteiger partial charge on any atom is 0.139 e. The van der Waals surface area contributed by atoms with E-state index >= 15 is 0 Å².